The second-order valence-electron chi connectivity index (χ2n) is 6.85. The van der Waals surface area contributed by atoms with Crippen molar-refractivity contribution in [3.05, 3.63) is 100 Å². The Morgan fingerprint density at radius 1 is 0.938 bits per heavy atom. The summed E-state index contributed by atoms with van der Waals surface area (Å²) in [5.74, 6) is -0.561. The maximum atomic E-state index is 13.1. The van der Waals surface area contributed by atoms with E-state index < -0.39 is 15.9 Å². The number of carbonyl (C=O) groups is 1. The van der Waals surface area contributed by atoms with Gasteiger partial charge in [0.25, 0.3) is 5.91 Å². The van der Waals surface area contributed by atoms with Crippen LogP contribution < -0.4 is 5.43 Å². The number of carbonyl (C=O) groups excluding carboxylic acids is 1. The molecule has 0 atom stereocenters. The van der Waals surface area contributed by atoms with Crippen LogP contribution in [-0.4, -0.2) is 37.9 Å². The number of hydrogen-bond donors (Lipinski definition) is 1. The smallest absolute Gasteiger partial charge is 0.255 e. The SMILES string of the molecule is O=C(CN(CCc1ccccc1)S(=O)(=O)c1ccccc1)N/N=C/c1ccc(Cl)c(Cl)c1. The van der Waals surface area contributed by atoms with Crippen LogP contribution in [0.3, 0.4) is 0 Å². The van der Waals surface area contributed by atoms with Gasteiger partial charge in [-0.1, -0.05) is 77.8 Å². The van der Waals surface area contributed by atoms with E-state index in [2.05, 4.69) is 10.5 Å². The van der Waals surface area contributed by atoms with Gasteiger partial charge in [-0.05, 0) is 41.8 Å². The molecule has 0 aliphatic carbocycles. The van der Waals surface area contributed by atoms with E-state index in [0.29, 0.717) is 22.0 Å². The second-order valence-corrected chi connectivity index (χ2v) is 9.61. The topological polar surface area (TPSA) is 78.8 Å². The van der Waals surface area contributed by atoms with Crippen molar-refractivity contribution in [2.75, 3.05) is 13.1 Å². The van der Waals surface area contributed by atoms with Gasteiger partial charge >= 0.3 is 0 Å². The van der Waals surface area contributed by atoms with Gasteiger partial charge in [0.05, 0.1) is 27.7 Å². The minimum Gasteiger partial charge on any atom is -0.272 e. The lowest BCUT2D eigenvalue weighted by Gasteiger charge is -2.21. The molecule has 0 fully saturated rings. The fourth-order valence-electron chi connectivity index (χ4n) is 2.89. The zero-order valence-corrected chi connectivity index (χ0v) is 19.3. The minimum atomic E-state index is -3.87. The summed E-state index contributed by atoms with van der Waals surface area (Å²) in [5, 5.41) is 4.66. The van der Waals surface area contributed by atoms with E-state index in [0.717, 1.165) is 9.87 Å². The van der Waals surface area contributed by atoms with Gasteiger partial charge in [0.15, 0.2) is 0 Å². The van der Waals surface area contributed by atoms with Crippen molar-refractivity contribution >= 4 is 45.3 Å². The Morgan fingerprint density at radius 2 is 1.59 bits per heavy atom. The summed E-state index contributed by atoms with van der Waals surface area (Å²) in [5.41, 5.74) is 3.97. The number of nitrogens with one attached hydrogen (secondary N) is 1. The van der Waals surface area contributed by atoms with Gasteiger partial charge in [0.2, 0.25) is 10.0 Å². The lowest BCUT2D eigenvalue weighted by Crippen LogP contribution is -2.40. The van der Waals surface area contributed by atoms with Gasteiger partial charge in [-0.2, -0.15) is 9.41 Å². The van der Waals surface area contributed by atoms with Crippen molar-refractivity contribution in [2.24, 2.45) is 5.10 Å². The van der Waals surface area contributed by atoms with Gasteiger partial charge in [0, 0.05) is 6.54 Å². The van der Waals surface area contributed by atoms with E-state index >= 15 is 0 Å². The van der Waals surface area contributed by atoms with Crippen molar-refractivity contribution in [3.63, 3.8) is 0 Å². The van der Waals surface area contributed by atoms with Crippen molar-refractivity contribution in [1.82, 2.24) is 9.73 Å². The maximum Gasteiger partial charge on any atom is 0.255 e. The Bertz CT molecular complexity index is 1190. The summed E-state index contributed by atoms with van der Waals surface area (Å²) >= 11 is 11.8. The lowest BCUT2D eigenvalue weighted by molar-refractivity contribution is -0.121. The van der Waals surface area contributed by atoms with Crippen LogP contribution in [0, 0.1) is 0 Å². The highest BCUT2D eigenvalue weighted by molar-refractivity contribution is 7.89. The molecule has 3 rings (SSSR count). The average molecular weight is 490 g/mol. The number of halogens is 2. The zero-order valence-electron chi connectivity index (χ0n) is 17.0. The van der Waals surface area contributed by atoms with Crippen molar-refractivity contribution in [2.45, 2.75) is 11.3 Å². The molecule has 0 saturated heterocycles. The highest BCUT2D eigenvalue weighted by Gasteiger charge is 2.26. The Balaban J connectivity index is 1.71. The molecule has 0 spiro atoms. The second kappa shape index (κ2) is 11.2. The molecule has 166 valence electrons. The number of nitrogens with zero attached hydrogens (tertiary/aromatic N) is 2. The van der Waals surface area contributed by atoms with Crippen LogP contribution in [0.2, 0.25) is 10.0 Å². The van der Waals surface area contributed by atoms with Gasteiger partial charge in [-0.15, -0.1) is 0 Å². The molecule has 3 aromatic carbocycles. The summed E-state index contributed by atoms with van der Waals surface area (Å²) in [4.78, 5) is 12.6. The minimum absolute atomic E-state index is 0.125. The van der Waals surface area contributed by atoms with E-state index in [-0.39, 0.29) is 18.0 Å². The van der Waals surface area contributed by atoms with Crippen LogP contribution >= 0.6 is 23.2 Å². The summed E-state index contributed by atoms with van der Waals surface area (Å²) in [7, 11) is -3.87. The van der Waals surface area contributed by atoms with Crippen LogP contribution in [0.15, 0.2) is 88.9 Å². The Labute approximate surface area is 197 Å². The molecule has 0 unspecified atom stereocenters. The monoisotopic (exact) mass is 489 g/mol. The number of benzene rings is 3. The molecular weight excluding hydrogens is 469 g/mol. The highest BCUT2D eigenvalue weighted by Crippen LogP contribution is 2.21. The number of rotatable bonds is 9. The summed E-state index contributed by atoms with van der Waals surface area (Å²) in [6, 6.07) is 22.4. The molecule has 0 bridgehead atoms. The zero-order chi connectivity index (χ0) is 23.0. The number of hydrogen-bond acceptors (Lipinski definition) is 4. The molecule has 0 radical (unpaired) electrons. The maximum absolute atomic E-state index is 13.1. The molecule has 0 heterocycles. The molecule has 0 aliphatic rings. The van der Waals surface area contributed by atoms with Gasteiger partial charge in [-0.3, -0.25) is 4.79 Å². The molecular formula is C23H21Cl2N3O3S. The summed E-state index contributed by atoms with van der Waals surface area (Å²) in [6.45, 7) is -0.228. The van der Waals surface area contributed by atoms with Crippen LogP contribution in [0.1, 0.15) is 11.1 Å². The van der Waals surface area contributed by atoms with E-state index in [1.807, 2.05) is 30.3 Å². The fourth-order valence-corrected chi connectivity index (χ4v) is 4.62. The standard InChI is InChI=1S/C23H21Cl2N3O3S/c24-21-12-11-19(15-22(21)25)16-26-27-23(29)17-28(14-13-18-7-3-1-4-8-18)32(30,31)20-9-5-2-6-10-20/h1-12,15-16H,13-14,17H2,(H,27,29)/b26-16+. The van der Waals surface area contributed by atoms with E-state index in [9.17, 15) is 13.2 Å². The largest absolute Gasteiger partial charge is 0.272 e. The third-order valence-corrected chi connectivity index (χ3v) is 7.14. The van der Waals surface area contributed by atoms with Gasteiger partial charge in [-0.25, -0.2) is 13.8 Å². The molecule has 0 aromatic heterocycles. The molecule has 1 amide bonds. The van der Waals surface area contributed by atoms with Crippen LogP contribution in [-0.2, 0) is 21.2 Å². The molecule has 6 nitrogen and oxygen atoms in total. The molecule has 9 heteroatoms. The first kappa shape index (κ1) is 23.9. The van der Waals surface area contributed by atoms with E-state index in [1.165, 1.54) is 18.3 Å². The molecule has 0 saturated carbocycles. The number of hydrazone groups is 1. The van der Waals surface area contributed by atoms with Gasteiger partial charge in [0.1, 0.15) is 0 Å². The molecule has 3 aromatic rings. The van der Waals surface area contributed by atoms with E-state index in [4.69, 9.17) is 23.2 Å². The predicted molar refractivity (Wildman–Crippen MR) is 128 cm³/mol. The van der Waals surface area contributed by atoms with Crippen molar-refractivity contribution in [1.29, 1.82) is 0 Å². The first-order valence-electron chi connectivity index (χ1n) is 9.72. The Morgan fingerprint density at radius 3 is 2.25 bits per heavy atom. The van der Waals surface area contributed by atoms with Crippen LogP contribution in [0.4, 0.5) is 0 Å². The molecule has 1 N–H and O–H groups in total. The molecule has 32 heavy (non-hydrogen) atoms. The van der Waals surface area contributed by atoms with Crippen LogP contribution in [0.5, 0.6) is 0 Å². The average Bonchev–Trinajstić information content (AvgIpc) is 2.80. The van der Waals surface area contributed by atoms with E-state index in [1.54, 1.807) is 36.4 Å². The van der Waals surface area contributed by atoms with Crippen LogP contribution in [0.25, 0.3) is 0 Å². The number of sulfonamides is 1. The third kappa shape index (κ3) is 6.64. The van der Waals surface area contributed by atoms with Crippen molar-refractivity contribution in [3.8, 4) is 0 Å². The number of amides is 1. The summed E-state index contributed by atoms with van der Waals surface area (Å²) in [6.07, 6.45) is 1.87. The lowest BCUT2D eigenvalue weighted by atomic mass is 10.1. The fraction of sp³-hybridized carbons (Fsp3) is 0.130. The first-order chi connectivity index (χ1) is 15.4. The summed E-state index contributed by atoms with van der Waals surface area (Å²) < 4.78 is 27.4. The quantitative estimate of drug-likeness (QED) is 0.357. The molecule has 0 aliphatic heterocycles. The Hall–Kier alpha value is -2.71. The Kier molecular flexibility index (Phi) is 8.41. The predicted octanol–water partition coefficient (Wildman–Crippen LogP) is 4.38. The van der Waals surface area contributed by atoms with Gasteiger partial charge < -0.3 is 0 Å². The third-order valence-electron chi connectivity index (χ3n) is 4.54. The van der Waals surface area contributed by atoms with Crippen molar-refractivity contribution < 1.29 is 13.2 Å². The normalized spacial score (nSPS) is 11.7. The first-order valence-corrected chi connectivity index (χ1v) is 11.9. The highest BCUT2D eigenvalue weighted by atomic mass is 35.5.